The minimum Gasteiger partial charge on any atom is -0.327 e. The van der Waals surface area contributed by atoms with Crippen LogP contribution in [0.4, 0.5) is 0 Å². The van der Waals surface area contributed by atoms with Gasteiger partial charge >= 0.3 is 0 Å². The van der Waals surface area contributed by atoms with Crippen molar-refractivity contribution in [2.45, 2.75) is 78.7 Å². The molecule has 0 spiro atoms. The number of rotatable bonds is 1. The highest BCUT2D eigenvalue weighted by molar-refractivity contribution is 4.91. The van der Waals surface area contributed by atoms with Gasteiger partial charge in [0.1, 0.15) is 0 Å². The van der Waals surface area contributed by atoms with E-state index in [2.05, 4.69) is 27.7 Å². The van der Waals surface area contributed by atoms with Crippen LogP contribution in [0, 0.1) is 29.1 Å². The van der Waals surface area contributed by atoms with Crippen molar-refractivity contribution in [3.8, 4) is 0 Å². The van der Waals surface area contributed by atoms with Crippen LogP contribution in [0.3, 0.4) is 0 Å². The van der Waals surface area contributed by atoms with Crippen molar-refractivity contribution in [2.75, 3.05) is 0 Å². The zero-order chi connectivity index (χ0) is 13.3. The van der Waals surface area contributed by atoms with Crippen LogP contribution in [0.5, 0.6) is 0 Å². The summed E-state index contributed by atoms with van der Waals surface area (Å²) >= 11 is 0. The van der Waals surface area contributed by atoms with Crippen LogP contribution in [-0.4, -0.2) is 6.04 Å². The molecule has 2 fully saturated rings. The van der Waals surface area contributed by atoms with Gasteiger partial charge in [0, 0.05) is 6.04 Å². The first-order valence-corrected chi connectivity index (χ1v) is 8.13. The summed E-state index contributed by atoms with van der Waals surface area (Å²) in [6.07, 6.45) is 9.77. The molecular formula is C17H33N. The molecule has 5 atom stereocenters. The highest BCUT2D eigenvalue weighted by atomic mass is 14.7. The number of hydrogen-bond acceptors (Lipinski definition) is 1. The molecule has 0 aliphatic heterocycles. The smallest absolute Gasteiger partial charge is 0.00700 e. The fourth-order valence-corrected chi connectivity index (χ4v) is 4.43. The summed E-state index contributed by atoms with van der Waals surface area (Å²) in [4.78, 5) is 0. The Morgan fingerprint density at radius 1 is 0.944 bits per heavy atom. The van der Waals surface area contributed by atoms with Crippen LogP contribution in [0.2, 0.25) is 0 Å². The van der Waals surface area contributed by atoms with Gasteiger partial charge < -0.3 is 5.73 Å². The van der Waals surface area contributed by atoms with E-state index in [1.807, 2.05) is 0 Å². The third kappa shape index (κ3) is 3.29. The molecule has 0 heterocycles. The van der Waals surface area contributed by atoms with Crippen LogP contribution in [-0.2, 0) is 0 Å². The van der Waals surface area contributed by atoms with Crippen LogP contribution in [0.25, 0.3) is 0 Å². The second-order valence-electron chi connectivity index (χ2n) is 8.24. The molecule has 0 bridgehead atoms. The third-order valence-electron chi connectivity index (χ3n) is 5.76. The molecule has 2 rings (SSSR count). The molecule has 1 nitrogen and oxygen atoms in total. The van der Waals surface area contributed by atoms with Crippen molar-refractivity contribution in [3.05, 3.63) is 0 Å². The standard InChI is InChI=1S/C17H33N/c1-12-6-5-7-13(10-12)15-11-14(17(2,3)4)8-9-16(15)18/h12-16H,5-11,18H2,1-4H3. The maximum absolute atomic E-state index is 6.46. The lowest BCUT2D eigenvalue weighted by Gasteiger charge is -2.45. The maximum Gasteiger partial charge on any atom is 0.00700 e. The Morgan fingerprint density at radius 3 is 2.28 bits per heavy atom. The minimum atomic E-state index is 0.471. The topological polar surface area (TPSA) is 26.0 Å². The largest absolute Gasteiger partial charge is 0.327 e. The van der Waals surface area contributed by atoms with E-state index in [-0.39, 0.29) is 0 Å². The second kappa shape index (κ2) is 5.53. The molecular weight excluding hydrogens is 218 g/mol. The highest BCUT2D eigenvalue weighted by Crippen LogP contribution is 2.45. The van der Waals surface area contributed by atoms with Gasteiger partial charge in [-0.05, 0) is 54.8 Å². The SMILES string of the molecule is CC1CCCC(C2CC(C(C)(C)C)CCC2N)C1. The lowest BCUT2D eigenvalue weighted by atomic mass is 9.62. The number of hydrogen-bond donors (Lipinski definition) is 1. The zero-order valence-corrected chi connectivity index (χ0v) is 12.9. The fraction of sp³-hybridized carbons (Fsp3) is 1.00. The Kier molecular flexibility index (Phi) is 4.41. The summed E-state index contributed by atoms with van der Waals surface area (Å²) in [7, 11) is 0. The van der Waals surface area contributed by atoms with Crippen LogP contribution in [0.1, 0.15) is 72.6 Å². The molecule has 0 saturated heterocycles. The van der Waals surface area contributed by atoms with E-state index in [0.29, 0.717) is 11.5 Å². The Hall–Kier alpha value is -0.0400. The normalized spacial score (nSPS) is 42.8. The molecule has 0 aromatic heterocycles. The van der Waals surface area contributed by atoms with Crippen molar-refractivity contribution in [1.82, 2.24) is 0 Å². The quantitative estimate of drug-likeness (QED) is 0.724. The Morgan fingerprint density at radius 2 is 1.67 bits per heavy atom. The van der Waals surface area contributed by atoms with Crippen LogP contribution >= 0.6 is 0 Å². The summed E-state index contributed by atoms with van der Waals surface area (Å²) in [5, 5.41) is 0. The lowest BCUT2D eigenvalue weighted by molar-refractivity contribution is 0.0723. The Labute approximate surface area is 114 Å². The van der Waals surface area contributed by atoms with Gasteiger partial charge in [0.25, 0.3) is 0 Å². The van der Waals surface area contributed by atoms with Crippen molar-refractivity contribution in [3.63, 3.8) is 0 Å². The van der Waals surface area contributed by atoms with Crippen molar-refractivity contribution in [1.29, 1.82) is 0 Å². The molecule has 106 valence electrons. The average Bonchev–Trinajstić information content (AvgIpc) is 2.28. The van der Waals surface area contributed by atoms with Gasteiger partial charge in [-0.3, -0.25) is 0 Å². The van der Waals surface area contributed by atoms with Crippen molar-refractivity contribution < 1.29 is 0 Å². The van der Waals surface area contributed by atoms with Gasteiger partial charge in [0.05, 0.1) is 0 Å². The summed E-state index contributed by atoms with van der Waals surface area (Å²) in [5.74, 6) is 3.56. The van der Waals surface area contributed by atoms with Gasteiger partial charge in [-0.1, -0.05) is 47.0 Å². The van der Waals surface area contributed by atoms with Gasteiger partial charge in [-0.25, -0.2) is 0 Å². The molecule has 5 unspecified atom stereocenters. The fourth-order valence-electron chi connectivity index (χ4n) is 4.43. The van der Waals surface area contributed by atoms with E-state index >= 15 is 0 Å². The first-order chi connectivity index (χ1) is 8.38. The highest BCUT2D eigenvalue weighted by Gasteiger charge is 2.38. The molecule has 18 heavy (non-hydrogen) atoms. The molecule has 2 saturated carbocycles. The summed E-state index contributed by atoms with van der Waals surface area (Å²) < 4.78 is 0. The first kappa shape index (κ1) is 14.4. The van der Waals surface area contributed by atoms with E-state index in [9.17, 15) is 0 Å². The monoisotopic (exact) mass is 251 g/mol. The molecule has 0 aromatic rings. The Bertz CT molecular complexity index is 265. The van der Waals surface area contributed by atoms with Crippen LogP contribution in [0.15, 0.2) is 0 Å². The molecule has 2 N–H and O–H groups in total. The predicted octanol–water partition coefficient (Wildman–Crippen LogP) is 4.60. The number of nitrogens with two attached hydrogens (primary N) is 1. The summed E-state index contributed by atoms with van der Waals surface area (Å²) in [5.41, 5.74) is 6.93. The second-order valence-corrected chi connectivity index (χ2v) is 8.24. The predicted molar refractivity (Wildman–Crippen MR) is 79.4 cm³/mol. The minimum absolute atomic E-state index is 0.471. The van der Waals surface area contributed by atoms with E-state index in [0.717, 1.165) is 23.7 Å². The van der Waals surface area contributed by atoms with Crippen LogP contribution < -0.4 is 5.73 Å². The van der Waals surface area contributed by atoms with E-state index in [4.69, 9.17) is 5.73 Å². The molecule has 1 heteroatoms. The maximum atomic E-state index is 6.46. The van der Waals surface area contributed by atoms with E-state index in [1.54, 1.807) is 0 Å². The van der Waals surface area contributed by atoms with Gasteiger partial charge in [-0.15, -0.1) is 0 Å². The van der Waals surface area contributed by atoms with E-state index < -0.39 is 0 Å². The summed E-state index contributed by atoms with van der Waals surface area (Å²) in [6, 6.07) is 0.485. The third-order valence-corrected chi connectivity index (χ3v) is 5.76. The van der Waals surface area contributed by atoms with Gasteiger partial charge in [-0.2, -0.15) is 0 Å². The molecule has 0 radical (unpaired) electrons. The first-order valence-electron chi connectivity index (χ1n) is 8.13. The lowest BCUT2D eigenvalue weighted by Crippen LogP contribution is -2.43. The summed E-state index contributed by atoms with van der Waals surface area (Å²) in [6.45, 7) is 9.67. The molecule has 0 amide bonds. The zero-order valence-electron chi connectivity index (χ0n) is 12.9. The van der Waals surface area contributed by atoms with Gasteiger partial charge in [0.15, 0.2) is 0 Å². The molecule has 0 aromatic carbocycles. The van der Waals surface area contributed by atoms with E-state index in [1.165, 1.54) is 44.9 Å². The average molecular weight is 251 g/mol. The van der Waals surface area contributed by atoms with Crippen molar-refractivity contribution >= 4 is 0 Å². The molecule has 2 aliphatic rings. The Balaban J connectivity index is 2.01. The molecule has 2 aliphatic carbocycles. The van der Waals surface area contributed by atoms with Crippen molar-refractivity contribution in [2.24, 2.45) is 34.8 Å². The van der Waals surface area contributed by atoms with Gasteiger partial charge in [0.2, 0.25) is 0 Å².